The standard InChI is InChI=1S/C15H21N5O/c1-4-11-7-10(9-16)8-12(5-2)13(11)19-15(21)20-14(17)18-6-3/h7-8H,4-6H2,1-3H3,(H4,17,18,19,20,21). The van der Waals surface area contributed by atoms with Gasteiger partial charge in [-0.3, -0.25) is 10.3 Å². The number of urea groups is 1. The molecule has 4 N–H and O–H groups in total. The van der Waals surface area contributed by atoms with Crippen LogP contribution in [0.3, 0.4) is 0 Å². The van der Waals surface area contributed by atoms with Crippen LogP contribution in [0.5, 0.6) is 0 Å². The number of carbonyl (C=O) groups excluding carboxylic acids is 1. The van der Waals surface area contributed by atoms with Crippen molar-refractivity contribution in [1.29, 1.82) is 5.26 Å². The van der Waals surface area contributed by atoms with Crippen molar-refractivity contribution in [3.05, 3.63) is 28.8 Å². The van der Waals surface area contributed by atoms with Gasteiger partial charge in [-0.1, -0.05) is 13.8 Å². The summed E-state index contributed by atoms with van der Waals surface area (Å²) < 4.78 is 0. The van der Waals surface area contributed by atoms with E-state index in [0.29, 0.717) is 12.1 Å². The van der Waals surface area contributed by atoms with E-state index in [1.54, 1.807) is 12.1 Å². The lowest BCUT2D eigenvalue weighted by Crippen LogP contribution is -2.40. The summed E-state index contributed by atoms with van der Waals surface area (Å²) in [4.78, 5) is 15.8. The molecule has 0 bridgehead atoms. The molecule has 112 valence electrons. The average Bonchev–Trinajstić information content (AvgIpc) is 2.47. The first-order chi connectivity index (χ1) is 10.0. The molecule has 2 amide bonds. The van der Waals surface area contributed by atoms with E-state index in [0.717, 1.165) is 29.7 Å². The maximum Gasteiger partial charge on any atom is 0.326 e. The number of amides is 2. The lowest BCUT2D eigenvalue weighted by molar-refractivity contribution is 0.256. The quantitative estimate of drug-likeness (QED) is 0.583. The zero-order chi connectivity index (χ0) is 15.8. The number of nitrogens with zero attached hydrogens (tertiary/aromatic N) is 2. The minimum atomic E-state index is -0.432. The van der Waals surface area contributed by atoms with Crippen LogP contribution in [0.15, 0.2) is 17.1 Å². The fourth-order valence-corrected chi connectivity index (χ4v) is 2.02. The molecule has 0 spiro atoms. The number of nitrogens with one attached hydrogen (secondary N) is 2. The molecular weight excluding hydrogens is 266 g/mol. The lowest BCUT2D eigenvalue weighted by atomic mass is 9.99. The second kappa shape index (κ2) is 7.90. The fraction of sp³-hybridized carbons (Fsp3) is 0.400. The molecule has 0 fully saturated rings. The summed E-state index contributed by atoms with van der Waals surface area (Å²) in [5, 5.41) is 14.3. The molecule has 1 aromatic carbocycles. The van der Waals surface area contributed by atoms with Crippen molar-refractivity contribution in [3.8, 4) is 6.07 Å². The van der Waals surface area contributed by atoms with Crippen LogP contribution in [0.25, 0.3) is 0 Å². The van der Waals surface area contributed by atoms with Gasteiger partial charge in [0.05, 0.1) is 11.6 Å². The Hall–Kier alpha value is -2.55. The zero-order valence-electron chi connectivity index (χ0n) is 12.7. The zero-order valence-corrected chi connectivity index (χ0v) is 12.7. The highest BCUT2D eigenvalue weighted by molar-refractivity contribution is 6.02. The van der Waals surface area contributed by atoms with Crippen molar-refractivity contribution in [2.45, 2.75) is 33.6 Å². The molecule has 0 unspecified atom stereocenters. The number of guanidine groups is 1. The van der Waals surface area contributed by atoms with E-state index in [4.69, 9.17) is 11.0 Å². The molecule has 21 heavy (non-hydrogen) atoms. The predicted molar refractivity (Wildman–Crippen MR) is 84.2 cm³/mol. The van der Waals surface area contributed by atoms with Gasteiger partial charge in [-0.25, -0.2) is 4.79 Å². The topological polar surface area (TPSA) is 103 Å². The summed E-state index contributed by atoms with van der Waals surface area (Å²) in [5.74, 6) is 0.0831. The second-order valence-electron chi connectivity index (χ2n) is 4.43. The Labute approximate surface area is 125 Å². The van der Waals surface area contributed by atoms with Gasteiger partial charge < -0.3 is 11.1 Å². The monoisotopic (exact) mass is 287 g/mol. The molecule has 0 radical (unpaired) electrons. The molecule has 0 saturated heterocycles. The van der Waals surface area contributed by atoms with Crippen molar-refractivity contribution in [3.63, 3.8) is 0 Å². The highest BCUT2D eigenvalue weighted by Gasteiger charge is 2.12. The fourth-order valence-electron chi connectivity index (χ4n) is 2.02. The van der Waals surface area contributed by atoms with E-state index in [2.05, 4.69) is 21.7 Å². The van der Waals surface area contributed by atoms with Gasteiger partial charge in [0.2, 0.25) is 0 Å². The van der Waals surface area contributed by atoms with Gasteiger partial charge in [-0.05, 0) is 43.0 Å². The van der Waals surface area contributed by atoms with Crippen LogP contribution in [0.4, 0.5) is 10.5 Å². The van der Waals surface area contributed by atoms with E-state index in [1.165, 1.54) is 0 Å². The number of hydrogen-bond acceptors (Lipinski definition) is 3. The number of anilines is 1. The third-order valence-corrected chi connectivity index (χ3v) is 3.00. The number of aliphatic imine (C=N–C) groups is 1. The van der Waals surface area contributed by atoms with Crippen LogP contribution in [-0.4, -0.2) is 18.5 Å². The number of hydrogen-bond donors (Lipinski definition) is 3. The molecule has 0 aliphatic heterocycles. The van der Waals surface area contributed by atoms with Crippen molar-refractivity contribution >= 4 is 17.7 Å². The first kappa shape index (κ1) is 16.5. The Morgan fingerprint density at radius 1 is 1.29 bits per heavy atom. The van der Waals surface area contributed by atoms with E-state index in [1.807, 2.05) is 20.8 Å². The highest BCUT2D eigenvalue weighted by atomic mass is 16.2. The molecule has 6 nitrogen and oxygen atoms in total. The molecule has 1 rings (SSSR count). The lowest BCUT2D eigenvalue weighted by Gasteiger charge is -2.15. The molecule has 0 atom stereocenters. The van der Waals surface area contributed by atoms with E-state index in [-0.39, 0.29) is 5.96 Å². The Balaban J connectivity index is 3.04. The smallest absolute Gasteiger partial charge is 0.326 e. The molecule has 0 heterocycles. The minimum Gasteiger partial charge on any atom is -0.370 e. The number of nitriles is 1. The highest BCUT2D eigenvalue weighted by Crippen LogP contribution is 2.24. The van der Waals surface area contributed by atoms with Crippen LogP contribution >= 0.6 is 0 Å². The summed E-state index contributed by atoms with van der Waals surface area (Å²) in [5.41, 5.74) is 8.74. The van der Waals surface area contributed by atoms with Crippen LogP contribution in [-0.2, 0) is 12.8 Å². The predicted octanol–water partition coefficient (Wildman–Crippen LogP) is 2.14. The van der Waals surface area contributed by atoms with Crippen LogP contribution in [0.2, 0.25) is 0 Å². The van der Waals surface area contributed by atoms with Gasteiger partial charge in [0.25, 0.3) is 0 Å². The first-order valence-corrected chi connectivity index (χ1v) is 6.99. The van der Waals surface area contributed by atoms with E-state index >= 15 is 0 Å². The Bertz CT molecular complexity index is 561. The van der Waals surface area contributed by atoms with Gasteiger partial charge in [-0.2, -0.15) is 5.26 Å². The van der Waals surface area contributed by atoms with Crippen LogP contribution in [0, 0.1) is 11.3 Å². The van der Waals surface area contributed by atoms with Gasteiger partial charge in [-0.15, -0.1) is 0 Å². The van der Waals surface area contributed by atoms with Gasteiger partial charge in [0, 0.05) is 12.2 Å². The molecule has 1 aromatic rings. The molecule has 0 aliphatic carbocycles. The summed E-state index contributed by atoms with van der Waals surface area (Å²) >= 11 is 0. The second-order valence-corrected chi connectivity index (χ2v) is 4.43. The van der Waals surface area contributed by atoms with Crippen molar-refractivity contribution in [2.24, 2.45) is 10.7 Å². The maximum atomic E-state index is 11.9. The van der Waals surface area contributed by atoms with Gasteiger partial charge in [0.1, 0.15) is 0 Å². The number of nitrogens with two attached hydrogens (primary N) is 1. The van der Waals surface area contributed by atoms with Crippen LogP contribution in [0.1, 0.15) is 37.5 Å². The third kappa shape index (κ3) is 4.49. The van der Waals surface area contributed by atoms with E-state index < -0.39 is 6.03 Å². The maximum absolute atomic E-state index is 11.9. The number of aryl methyl sites for hydroxylation is 2. The molecule has 6 heteroatoms. The number of benzene rings is 1. The van der Waals surface area contributed by atoms with Crippen LogP contribution < -0.4 is 16.4 Å². The minimum absolute atomic E-state index is 0.0831. The number of rotatable bonds is 4. The Morgan fingerprint density at radius 3 is 2.29 bits per heavy atom. The molecule has 0 saturated carbocycles. The summed E-state index contributed by atoms with van der Waals surface area (Å²) in [6.07, 6.45) is 1.44. The van der Waals surface area contributed by atoms with Crippen molar-refractivity contribution in [2.75, 3.05) is 11.9 Å². The van der Waals surface area contributed by atoms with Crippen molar-refractivity contribution < 1.29 is 4.79 Å². The van der Waals surface area contributed by atoms with E-state index in [9.17, 15) is 4.79 Å². The third-order valence-electron chi connectivity index (χ3n) is 3.00. The summed E-state index contributed by atoms with van der Waals surface area (Å²) in [7, 11) is 0. The summed E-state index contributed by atoms with van der Waals surface area (Å²) in [6, 6.07) is 5.29. The van der Waals surface area contributed by atoms with Gasteiger partial charge in [0.15, 0.2) is 5.96 Å². The Morgan fingerprint density at radius 2 is 1.86 bits per heavy atom. The van der Waals surface area contributed by atoms with Gasteiger partial charge >= 0.3 is 6.03 Å². The Kier molecular flexibility index (Phi) is 6.21. The largest absolute Gasteiger partial charge is 0.370 e. The van der Waals surface area contributed by atoms with Crippen molar-refractivity contribution in [1.82, 2.24) is 5.32 Å². The normalized spacial score (nSPS) is 10.9. The molecule has 0 aromatic heterocycles. The molecular formula is C15H21N5O. The average molecular weight is 287 g/mol. The summed E-state index contributed by atoms with van der Waals surface area (Å²) in [6.45, 7) is 6.29. The number of carbonyl (C=O) groups is 1. The SMILES string of the molecule is CCN=C(N)NC(=O)Nc1c(CC)cc(C#N)cc1CC. The first-order valence-electron chi connectivity index (χ1n) is 6.99. The molecule has 0 aliphatic rings.